The smallest absolute Gasteiger partial charge is 0.160 e. The summed E-state index contributed by atoms with van der Waals surface area (Å²) in [5, 5.41) is 7.30. The molecular formula is C52H32N4S. The number of rotatable bonds is 5. The van der Waals surface area contributed by atoms with E-state index in [1.807, 2.05) is 17.4 Å². The van der Waals surface area contributed by atoms with Gasteiger partial charge in [-0.05, 0) is 42.5 Å². The molecule has 0 unspecified atom stereocenters. The highest BCUT2D eigenvalue weighted by molar-refractivity contribution is 7.26. The van der Waals surface area contributed by atoms with Crippen LogP contribution in [0.2, 0.25) is 0 Å². The van der Waals surface area contributed by atoms with Crippen molar-refractivity contribution in [2.75, 3.05) is 0 Å². The van der Waals surface area contributed by atoms with Crippen molar-refractivity contribution in [2.24, 2.45) is 0 Å². The second-order valence-corrected chi connectivity index (χ2v) is 15.6. The number of benzene rings is 8. The summed E-state index contributed by atoms with van der Waals surface area (Å²) in [6.45, 7) is 0. The Morgan fingerprint density at radius 2 is 0.825 bits per heavy atom. The lowest BCUT2D eigenvalue weighted by Gasteiger charge is -2.22. The molecule has 0 aliphatic carbocycles. The summed E-state index contributed by atoms with van der Waals surface area (Å²) >= 11 is 1.85. The average Bonchev–Trinajstić information content (AvgIpc) is 3.94. The molecule has 12 aromatic rings. The van der Waals surface area contributed by atoms with Crippen LogP contribution in [-0.4, -0.2) is 19.1 Å². The van der Waals surface area contributed by atoms with Gasteiger partial charge < -0.3 is 9.13 Å². The predicted molar refractivity (Wildman–Crippen MR) is 240 cm³/mol. The molecule has 0 saturated heterocycles. The Morgan fingerprint density at radius 1 is 0.368 bits per heavy atom. The summed E-state index contributed by atoms with van der Waals surface area (Å²) in [4.78, 5) is 10.9. The third-order valence-corrected chi connectivity index (χ3v) is 12.4. The summed E-state index contributed by atoms with van der Waals surface area (Å²) < 4.78 is 7.44. The Hall–Kier alpha value is -7.34. The monoisotopic (exact) mass is 744 g/mol. The van der Waals surface area contributed by atoms with E-state index in [1.165, 1.54) is 41.7 Å². The van der Waals surface area contributed by atoms with E-state index >= 15 is 0 Å². The lowest BCUT2D eigenvalue weighted by Crippen LogP contribution is -2.06. The van der Waals surface area contributed by atoms with Gasteiger partial charge in [0.25, 0.3) is 0 Å². The van der Waals surface area contributed by atoms with Gasteiger partial charge in [0.05, 0.1) is 44.8 Å². The minimum Gasteiger partial charge on any atom is -0.308 e. The molecule has 0 aliphatic rings. The standard InChI is InChI=1S/C52H32N4S/c1-3-17-33(18-4-1)40-31-41(54-52(53-40)34-19-5-2-6-20-34)50-46(55-42-26-12-7-21-35(42)36-22-8-13-27-43(36)55)32-48-49(39-25-11-16-30-47(39)57-48)51(50)56-44-28-14-9-23-37(44)38-24-10-15-29-45(38)56/h1-32H. The van der Waals surface area contributed by atoms with Gasteiger partial charge in [0.15, 0.2) is 5.82 Å². The van der Waals surface area contributed by atoms with Gasteiger partial charge in [-0.3, -0.25) is 0 Å². The van der Waals surface area contributed by atoms with Gasteiger partial charge >= 0.3 is 0 Å². The number of hydrogen-bond donors (Lipinski definition) is 0. The molecular weight excluding hydrogens is 713 g/mol. The minimum absolute atomic E-state index is 0.684. The highest BCUT2D eigenvalue weighted by atomic mass is 32.1. The second kappa shape index (κ2) is 12.6. The van der Waals surface area contributed by atoms with Crippen LogP contribution in [0.4, 0.5) is 0 Å². The molecule has 4 heterocycles. The molecule has 0 radical (unpaired) electrons. The van der Waals surface area contributed by atoms with Crippen molar-refractivity contribution in [2.45, 2.75) is 0 Å². The zero-order valence-electron chi connectivity index (χ0n) is 30.7. The molecule has 0 bridgehead atoms. The Labute approximate surface area is 332 Å². The van der Waals surface area contributed by atoms with Gasteiger partial charge in [0.2, 0.25) is 0 Å². The largest absolute Gasteiger partial charge is 0.308 e. The maximum Gasteiger partial charge on any atom is 0.160 e. The van der Waals surface area contributed by atoms with Crippen LogP contribution in [0.25, 0.3) is 109 Å². The molecule has 0 spiro atoms. The van der Waals surface area contributed by atoms with Crippen molar-refractivity contribution in [3.63, 3.8) is 0 Å². The van der Waals surface area contributed by atoms with Crippen molar-refractivity contribution in [3.05, 3.63) is 194 Å². The molecule has 0 atom stereocenters. The lowest BCUT2D eigenvalue weighted by atomic mass is 9.98. The molecule has 0 amide bonds. The van der Waals surface area contributed by atoms with Crippen LogP contribution in [0.5, 0.6) is 0 Å². The van der Waals surface area contributed by atoms with E-state index in [4.69, 9.17) is 9.97 Å². The molecule has 5 heteroatoms. The van der Waals surface area contributed by atoms with E-state index in [-0.39, 0.29) is 0 Å². The number of aromatic nitrogens is 4. The van der Waals surface area contributed by atoms with Crippen molar-refractivity contribution < 1.29 is 0 Å². The van der Waals surface area contributed by atoms with Crippen molar-refractivity contribution >= 4 is 75.1 Å². The summed E-state index contributed by atoms with van der Waals surface area (Å²) in [5.41, 5.74) is 11.5. The maximum absolute atomic E-state index is 5.60. The Bertz CT molecular complexity index is 3360. The topological polar surface area (TPSA) is 35.6 Å². The SMILES string of the molecule is c1ccc(-c2cc(-c3c(-n4c5ccccc5c5ccccc54)cc4sc5ccccc5c4c3-n3c4ccccc4c4ccccc43)nc(-c3ccccc3)n2)cc1. The number of nitrogens with zero attached hydrogens (tertiary/aromatic N) is 4. The summed E-state index contributed by atoms with van der Waals surface area (Å²) in [6, 6.07) is 69.5. The van der Waals surface area contributed by atoms with Crippen molar-refractivity contribution in [1.82, 2.24) is 19.1 Å². The summed E-state index contributed by atoms with van der Waals surface area (Å²) in [5.74, 6) is 0.684. The first-order chi connectivity index (χ1) is 28.3. The number of para-hydroxylation sites is 4. The lowest BCUT2D eigenvalue weighted by molar-refractivity contribution is 1.13. The first kappa shape index (κ1) is 32.0. The van der Waals surface area contributed by atoms with Gasteiger partial charge in [0, 0.05) is 58.4 Å². The van der Waals surface area contributed by atoms with E-state index in [0.29, 0.717) is 5.82 Å². The Balaban J connectivity index is 1.35. The number of thiophene rings is 1. The van der Waals surface area contributed by atoms with Gasteiger partial charge in [0.1, 0.15) is 0 Å². The molecule has 266 valence electrons. The summed E-state index contributed by atoms with van der Waals surface area (Å²) in [7, 11) is 0. The molecule has 0 fully saturated rings. The van der Waals surface area contributed by atoms with Crippen LogP contribution in [0, 0.1) is 0 Å². The third kappa shape index (κ3) is 4.86. The minimum atomic E-state index is 0.684. The van der Waals surface area contributed by atoms with Crippen LogP contribution in [-0.2, 0) is 0 Å². The van der Waals surface area contributed by atoms with Crippen LogP contribution < -0.4 is 0 Å². The first-order valence-corrected chi connectivity index (χ1v) is 20.1. The van der Waals surface area contributed by atoms with E-state index < -0.39 is 0 Å². The van der Waals surface area contributed by atoms with E-state index in [0.717, 1.165) is 61.5 Å². The highest BCUT2D eigenvalue weighted by Crippen LogP contribution is 2.49. The fraction of sp³-hybridized carbons (Fsp3) is 0. The Kier molecular flexibility index (Phi) is 7.06. The second-order valence-electron chi connectivity index (χ2n) is 14.5. The molecule has 4 aromatic heterocycles. The summed E-state index contributed by atoms with van der Waals surface area (Å²) in [6.07, 6.45) is 0. The third-order valence-electron chi connectivity index (χ3n) is 11.3. The number of fused-ring (bicyclic) bond motifs is 9. The molecule has 4 nitrogen and oxygen atoms in total. The fourth-order valence-electron chi connectivity index (χ4n) is 8.90. The zero-order chi connectivity index (χ0) is 37.5. The van der Waals surface area contributed by atoms with E-state index in [9.17, 15) is 0 Å². The van der Waals surface area contributed by atoms with Crippen LogP contribution in [0.3, 0.4) is 0 Å². The molecule has 0 aliphatic heterocycles. The van der Waals surface area contributed by atoms with Crippen molar-refractivity contribution in [3.8, 4) is 45.3 Å². The Morgan fingerprint density at radius 3 is 1.40 bits per heavy atom. The fourth-order valence-corrected chi connectivity index (χ4v) is 10.0. The molecule has 12 rings (SSSR count). The van der Waals surface area contributed by atoms with Crippen LogP contribution in [0.1, 0.15) is 0 Å². The zero-order valence-corrected chi connectivity index (χ0v) is 31.5. The quantitative estimate of drug-likeness (QED) is 0.176. The number of hydrogen-bond acceptors (Lipinski definition) is 3. The highest BCUT2D eigenvalue weighted by Gasteiger charge is 2.28. The first-order valence-electron chi connectivity index (χ1n) is 19.3. The van der Waals surface area contributed by atoms with Gasteiger partial charge in [-0.2, -0.15) is 0 Å². The normalized spacial score (nSPS) is 11.9. The molecule has 0 N–H and O–H groups in total. The van der Waals surface area contributed by atoms with Gasteiger partial charge in [-0.15, -0.1) is 11.3 Å². The van der Waals surface area contributed by atoms with Crippen molar-refractivity contribution in [1.29, 1.82) is 0 Å². The van der Waals surface area contributed by atoms with E-state index in [2.05, 4.69) is 197 Å². The molecule has 57 heavy (non-hydrogen) atoms. The average molecular weight is 745 g/mol. The van der Waals surface area contributed by atoms with Crippen LogP contribution in [0.15, 0.2) is 194 Å². The van der Waals surface area contributed by atoms with Crippen LogP contribution >= 0.6 is 11.3 Å². The van der Waals surface area contributed by atoms with E-state index in [1.54, 1.807) is 0 Å². The molecule has 0 saturated carbocycles. The predicted octanol–water partition coefficient (Wildman–Crippen LogP) is 14.0. The molecule has 8 aromatic carbocycles. The maximum atomic E-state index is 5.60. The van der Waals surface area contributed by atoms with Gasteiger partial charge in [-0.25, -0.2) is 9.97 Å². The van der Waals surface area contributed by atoms with Gasteiger partial charge in [-0.1, -0.05) is 152 Å².